The van der Waals surface area contributed by atoms with Crippen LogP contribution in [0.2, 0.25) is 0 Å². The molecular formula is C15H20F2N2O2. The minimum absolute atomic E-state index is 0.0343. The fourth-order valence-corrected chi connectivity index (χ4v) is 2.57. The van der Waals surface area contributed by atoms with Crippen LogP contribution in [-0.4, -0.2) is 18.6 Å². The fraction of sp³-hybridized carbons (Fsp3) is 0.533. The maximum absolute atomic E-state index is 12.3. The molecule has 1 aromatic carbocycles. The molecule has 4 nitrogen and oxygen atoms in total. The third-order valence-corrected chi connectivity index (χ3v) is 3.78. The number of ether oxygens (including phenoxy) is 1. The van der Waals surface area contributed by atoms with Crippen molar-refractivity contribution in [1.82, 2.24) is 5.32 Å². The lowest BCUT2D eigenvalue weighted by atomic mass is 9.86. The summed E-state index contributed by atoms with van der Waals surface area (Å²) in [5, 5.41) is 2.79. The Labute approximate surface area is 122 Å². The summed E-state index contributed by atoms with van der Waals surface area (Å²) in [5.74, 6) is 0.0141. The van der Waals surface area contributed by atoms with Gasteiger partial charge in [0.25, 0.3) is 0 Å². The number of halogens is 2. The Morgan fingerprint density at radius 1 is 1.29 bits per heavy atom. The maximum Gasteiger partial charge on any atom is 0.387 e. The van der Waals surface area contributed by atoms with Crippen LogP contribution in [0.25, 0.3) is 0 Å². The molecule has 1 aliphatic carbocycles. The van der Waals surface area contributed by atoms with Crippen LogP contribution < -0.4 is 15.8 Å². The van der Waals surface area contributed by atoms with Crippen molar-refractivity contribution < 1.29 is 18.3 Å². The number of hydrogen-bond acceptors (Lipinski definition) is 3. The van der Waals surface area contributed by atoms with Crippen LogP contribution >= 0.6 is 0 Å². The average Bonchev–Trinajstić information content (AvgIpc) is 2.46. The summed E-state index contributed by atoms with van der Waals surface area (Å²) in [4.78, 5) is 12.1. The average molecular weight is 298 g/mol. The molecule has 0 unspecified atom stereocenters. The number of hydrogen-bond donors (Lipinski definition) is 2. The lowest BCUT2D eigenvalue weighted by molar-refractivity contribution is -0.126. The summed E-state index contributed by atoms with van der Waals surface area (Å²) < 4.78 is 29.0. The van der Waals surface area contributed by atoms with Gasteiger partial charge in [0.05, 0.1) is 0 Å². The second-order valence-electron chi connectivity index (χ2n) is 5.32. The highest BCUT2D eigenvalue weighted by molar-refractivity contribution is 5.78. The van der Waals surface area contributed by atoms with E-state index in [0.717, 1.165) is 25.7 Å². The second kappa shape index (κ2) is 7.36. The highest BCUT2D eigenvalue weighted by atomic mass is 19.3. The number of carbonyl (C=O) groups excluding carboxylic acids is 1. The number of amides is 1. The van der Waals surface area contributed by atoms with Gasteiger partial charge < -0.3 is 15.8 Å². The Hall–Kier alpha value is -1.69. The van der Waals surface area contributed by atoms with E-state index >= 15 is 0 Å². The Kier molecular flexibility index (Phi) is 5.50. The molecule has 0 saturated heterocycles. The molecule has 0 aliphatic heterocycles. The highest BCUT2D eigenvalue weighted by Gasteiger charge is 2.24. The predicted molar refractivity (Wildman–Crippen MR) is 74.9 cm³/mol. The first-order chi connectivity index (χ1) is 10.1. The molecule has 0 aromatic heterocycles. The minimum Gasteiger partial charge on any atom is -0.434 e. The lowest BCUT2D eigenvalue weighted by Gasteiger charge is -2.25. The largest absolute Gasteiger partial charge is 0.434 e. The van der Waals surface area contributed by atoms with E-state index in [9.17, 15) is 13.6 Å². The van der Waals surface area contributed by atoms with E-state index < -0.39 is 6.61 Å². The van der Waals surface area contributed by atoms with Crippen molar-refractivity contribution in [1.29, 1.82) is 0 Å². The van der Waals surface area contributed by atoms with Crippen molar-refractivity contribution >= 4 is 5.91 Å². The predicted octanol–water partition coefficient (Wildman–Crippen LogP) is 2.42. The van der Waals surface area contributed by atoms with Crippen LogP contribution in [0, 0.1) is 5.92 Å². The molecule has 0 spiro atoms. The van der Waals surface area contributed by atoms with Gasteiger partial charge >= 0.3 is 6.61 Å². The van der Waals surface area contributed by atoms with Crippen molar-refractivity contribution in [3.05, 3.63) is 29.8 Å². The zero-order chi connectivity index (χ0) is 15.2. The van der Waals surface area contributed by atoms with Crippen molar-refractivity contribution in [2.45, 2.75) is 44.9 Å². The number of nitrogens with two attached hydrogens (primary N) is 1. The molecule has 21 heavy (non-hydrogen) atoms. The Balaban J connectivity index is 1.89. The van der Waals surface area contributed by atoms with Crippen molar-refractivity contribution in [3.63, 3.8) is 0 Å². The molecule has 2 rings (SSSR count). The summed E-state index contributed by atoms with van der Waals surface area (Å²) in [5.41, 5.74) is 6.35. The third-order valence-electron chi connectivity index (χ3n) is 3.78. The molecule has 0 radical (unpaired) electrons. The van der Waals surface area contributed by atoms with Crippen LogP contribution in [0.5, 0.6) is 5.75 Å². The Morgan fingerprint density at radius 2 is 1.95 bits per heavy atom. The molecule has 6 heteroatoms. The van der Waals surface area contributed by atoms with Gasteiger partial charge in [-0.1, -0.05) is 18.2 Å². The van der Waals surface area contributed by atoms with E-state index in [1.807, 2.05) is 0 Å². The topological polar surface area (TPSA) is 64.4 Å². The van der Waals surface area contributed by atoms with E-state index in [1.54, 1.807) is 18.2 Å². The summed E-state index contributed by atoms with van der Waals surface area (Å²) in [7, 11) is 0. The van der Waals surface area contributed by atoms with Gasteiger partial charge in [-0.05, 0) is 31.7 Å². The Morgan fingerprint density at radius 3 is 2.62 bits per heavy atom. The molecule has 1 aromatic rings. The molecule has 0 heterocycles. The number of alkyl halides is 2. The molecule has 116 valence electrons. The van der Waals surface area contributed by atoms with Crippen LogP contribution in [0.1, 0.15) is 31.2 Å². The maximum atomic E-state index is 12.3. The smallest absolute Gasteiger partial charge is 0.387 e. The standard InChI is InChI=1S/C15H20F2N2O2/c16-15(17)21-13-4-2-1-3-11(13)9-19-14(20)10-5-7-12(18)8-6-10/h1-4,10,12,15H,5-9,18H2,(H,19,20). The number of para-hydroxylation sites is 1. The first-order valence-corrected chi connectivity index (χ1v) is 7.12. The van der Waals surface area contributed by atoms with Gasteiger partial charge in [-0.15, -0.1) is 0 Å². The van der Waals surface area contributed by atoms with Crippen molar-refractivity contribution in [3.8, 4) is 5.75 Å². The molecule has 1 saturated carbocycles. The number of nitrogens with one attached hydrogen (secondary N) is 1. The van der Waals surface area contributed by atoms with Crippen molar-refractivity contribution in [2.24, 2.45) is 11.7 Å². The van der Waals surface area contributed by atoms with Gasteiger partial charge in [0.15, 0.2) is 0 Å². The summed E-state index contributed by atoms with van der Waals surface area (Å²) in [6.45, 7) is -2.69. The van der Waals surface area contributed by atoms with E-state index in [0.29, 0.717) is 5.56 Å². The highest BCUT2D eigenvalue weighted by Crippen LogP contribution is 2.24. The number of carbonyl (C=O) groups is 1. The molecule has 0 atom stereocenters. The van der Waals surface area contributed by atoms with Gasteiger partial charge in [0.2, 0.25) is 5.91 Å². The quantitative estimate of drug-likeness (QED) is 0.877. The summed E-state index contributed by atoms with van der Waals surface area (Å²) in [6.07, 6.45) is 3.26. The third kappa shape index (κ3) is 4.67. The molecular weight excluding hydrogens is 278 g/mol. The van der Waals surface area contributed by atoms with Gasteiger partial charge in [-0.25, -0.2) is 0 Å². The lowest BCUT2D eigenvalue weighted by Crippen LogP contribution is -2.36. The summed E-state index contributed by atoms with van der Waals surface area (Å²) in [6, 6.07) is 6.65. The van der Waals surface area contributed by atoms with E-state index in [2.05, 4.69) is 10.1 Å². The molecule has 1 fully saturated rings. The number of rotatable bonds is 5. The van der Waals surface area contributed by atoms with Gasteiger partial charge in [-0.2, -0.15) is 8.78 Å². The molecule has 3 N–H and O–H groups in total. The van der Waals surface area contributed by atoms with Crippen molar-refractivity contribution in [2.75, 3.05) is 0 Å². The van der Waals surface area contributed by atoms with Crippen LogP contribution in [0.3, 0.4) is 0 Å². The Bertz CT molecular complexity index is 474. The molecule has 1 amide bonds. The van der Waals surface area contributed by atoms with Gasteiger partial charge in [0, 0.05) is 24.1 Å². The molecule has 1 aliphatic rings. The second-order valence-corrected chi connectivity index (χ2v) is 5.32. The minimum atomic E-state index is -2.87. The summed E-state index contributed by atoms with van der Waals surface area (Å²) >= 11 is 0. The monoisotopic (exact) mass is 298 g/mol. The van der Waals surface area contributed by atoms with E-state index in [4.69, 9.17) is 5.73 Å². The first kappa shape index (κ1) is 15.7. The number of benzene rings is 1. The van der Waals surface area contributed by atoms with E-state index in [-0.39, 0.29) is 30.2 Å². The molecule has 0 bridgehead atoms. The zero-order valence-electron chi connectivity index (χ0n) is 11.7. The fourth-order valence-electron chi connectivity index (χ4n) is 2.57. The van der Waals surface area contributed by atoms with Crippen LogP contribution in [0.4, 0.5) is 8.78 Å². The van der Waals surface area contributed by atoms with Crippen LogP contribution in [-0.2, 0) is 11.3 Å². The SMILES string of the molecule is NC1CCC(C(=O)NCc2ccccc2OC(F)F)CC1. The normalized spacial score (nSPS) is 22.1. The van der Waals surface area contributed by atoms with E-state index in [1.165, 1.54) is 6.07 Å². The first-order valence-electron chi connectivity index (χ1n) is 7.12. The van der Waals surface area contributed by atoms with Gasteiger partial charge in [0.1, 0.15) is 5.75 Å². The van der Waals surface area contributed by atoms with Crippen LogP contribution in [0.15, 0.2) is 24.3 Å². The zero-order valence-corrected chi connectivity index (χ0v) is 11.7. The van der Waals surface area contributed by atoms with Gasteiger partial charge in [-0.3, -0.25) is 4.79 Å².